The maximum atomic E-state index is 10.4. The van der Waals surface area contributed by atoms with Gasteiger partial charge >= 0.3 is 0 Å². The predicted octanol–water partition coefficient (Wildman–Crippen LogP) is 2.45. The molecule has 0 aliphatic heterocycles. The average molecular weight is 251 g/mol. The van der Waals surface area contributed by atoms with Crippen LogP contribution in [0, 0.1) is 12.3 Å². The second-order valence-corrected chi connectivity index (χ2v) is 5.88. The zero-order chi connectivity index (χ0) is 13.9. The van der Waals surface area contributed by atoms with E-state index >= 15 is 0 Å². The summed E-state index contributed by atoms with van der Waals surface area (Å²) in [6, 6.07) is 6.00. The molecule has 0 bridgehead atoms. The molecule has 0 aliphatic rings. The predicted molar refractivity (Wildman–Crippen MR) is 75.0 cm³/mol. The summed E-state index contributed by atoms with van der Waals surface area (Å²) >= 11 is 0. The van der Waals surface area contributed by atoms with Crippen molar-refractivity contribution in [2.24, 2.45) is 11.1 Å². The fraction of sp³-hybridized carbons (Fsp3) is 0.600. The fourth-order valence-corrected chi connectivity index (χ4v) is 2.12. The first-order valence-corrected chi connectivity index (χ1v) is 6.34. The van der Waals surface area contributed by atoms with Crippen LogP contribution in [0.15, 0.2) is 18.2 Å². The van der Waals surface area contributed by atoms with E-state index in [1.807, 2.05) is 45.9 Å². The van der Waals surface area contributed by atoms with Gasteiger partial charge in [-0.3, -0.25) is 0 Å². The van der Waals surface area contributed by atoms with E-state index in [0.717, 1.165) is 16.9 Å². The highest BCUT2D eigenvalue weighted by Crippen LogP contribution is 2.33. The molecular formula is C15H25NO2. The quantitative estimate of drug-likeness (QED) is 0.864. The molecular weight excluding hydrogens is 226 g/mol. The van der Waals surface area contributed by atoms with E-state index in [-0.39, 0.29) is 11.3 Å². The molecule has 0 radical (unpaired) electrons. The Labute approximate surface area is 110 Å². The first kappa shape index (κ1) is 15.0. The van der Waals surface area contributed by atoms with Gasteiger partial charge in [-0.2, -0.15) is 0 Å². The number of aryl methyl sites for hydroxylation is 1. The zero-order valence-electron chi connectivity index (χ0n) is 12.0. The van der Waals surface area contributed by atoms with Gasteiger partial charge in [0.1, 0.15) is 5.75 Å². The monoisotopic (exact) mass is 251 g/mol. The van der Waals surface area contributed by atoms with E-state index in [2.05, 4.69) is 0 Å². The Hall–Kier alpha value is -1.06. The molecule has 1 aromatic rings. The van der Waals surface area contributed by atoms with Gasteiger partial charge in [-0.1, -0.05) is 32.9 Å². The van der Waals surface area contributed by atoms with Crippen LogP contribution in [0.3, 0.4) is 0 Å². The molecule has 102 valence electrons. The van der Waals surface area contributed by atoms with Crippen LogP contribution in [0.1, 0.15) is 37.8 Å². The smallest absolute Gasteiger partial charge is 0.122 e. The number of methoxy groups -OCH3 is 1. The van der Waals surface area contributed by atoms with E-state index < -0.39 is 6.10 Å². The maximum absolute atomic E-state index is 10.4. The van der Waals surface area contributed by atoms with E-state index in [0.29, 0.717) is 6.54 Å². The first-order valence-electron chi connectivity index (χ1n) is 6.34. The second-order valence-electron chi connectivity index (χ2n) is 5.88. The Bertz CT molecular complexity index is 396. The fourth-order valence-electron chi connectivity index (χ4n) is 2.12. The van der Waals surface area contributed by atoms with Crippen molar-refractivity contribution in [3.8, 4) is 5.75 Å². The van der Waals surface area contributed by atoms with Crippen LogP contribution in [0.4, 0.5) is 0 Å². The number of rotatable bonds is 4. The average Bonchev–Trinajstić information content (AvgIpc) is 2.30. The van der Waals surface area contributed by atoms with E-state index in [1.54, 1.807) is 7.11 Å². The summed E-state index contributed by atoms with van der Waals surface area (Å²) in [7, 11) is 1.66. The van der Waals surface area contributed by atoms with Gasteiger partial charge in [0, 0.05) is 12.5 Å². The van der Waals surface area contributed by atoms with E-state index in [1.165, 1.54) is 0 Å². The minimum Gasteiger partial charge on any atom is -0.496 e. The Morgan fingerprint density at radius 3 is 2.39 bits per heavy atom. The molecule has 3 N–H and O–H groups in total. The SMILES string of the molecule is COc1cc(C(CN)C(O)C(C)(C)C)ccc1C. The van der Waals surface area contributed by atoms with Gasteiger partial charge < -0.3 is 15.6 Å². The Morgan fingerprint density at radius 2 is 1.94 bits per heavy atom. The first-order chi connectivity index (χ1) is 8.31. The molecule has 0 spiro atoms. The molecule has 0 aromatic heterocycles. The molecule has 1 aromatic carbocycles. The summed E-state index contributed by atoms with van der Waals surface area (Å²) in [6.07, 6.45) is -0.477. The molecule has 2 unspecified atom stereocenters. The zero-order valence-corrected chi connectivity index (χ0v) is 12.0. The number of benzene rings is 1. The van der Waals surface area contributed by atoms with Crippen LogP contribution in [0.2, 0.25) is 0 Å². The lowest BCUT2D eigenvalue weighted by Crippen LogP contribution is -2.36. The van der Waals surface area contributed by atoms with Gasteiger partial charge in [-0.05, 0) is 29.5 Å². The molecule has 2 atom stereocenters. The van der Waals surface area contributed by atoms with Crippen LogP contribution in [-0.2, 0) is 0 Å². The van der Waals surface area contributed by atoms with Gasteiger partial charge in [-0.15, -0.1) is 0 Å². The van der Waals surface area contributed by atoms with Crippen LogP contribution >= 0.6 is 0 Å². The lowest BCUT2D eigenvalue weighted by Gasteiger charge is -2.33. The third-order valence-electron chi connectivity index (χ3n) is 3.38. The highest BCUT2D eigenvalue weighted by molar-refractivity contribution is 5.38. The minimum absolute atomic E-state index is 0.0699. The Morgan fingerprint density at radius 1 is 1.33 bits per heavy atom. The molecule has 0 saturated carbocycles. The number of aliphatic hydroxyl groups is 1. The third-order valence-corrected chi connectivity index (χ3v) is 3.38. The summed E-state index contributed by atoms with van der Waals surface area (Å²) in [5.74, 6) is 0.770. The summed E-state index contributed by atoms with van der Waals surface area (Å²) in [5.41, 5.74) is 7.75. The molecule has 3 heteroatoms. The van der Waals surface area contributed by atoms with Crippen LogP contribution in [-0.4, -0.2) is 24.9 Å². The van der Waals surface area contributed by atoms with Gasteiger partial charge in [-0.25, -0.2) is 0 Å². The number of nitrogens with two attached hydrogens (primary N) is 1. The molecule has 0 fully saturated rings. The summed E-state index contributed by atoms with van der Waals surface area (Å²) < 4.78 is 5.32. The second kappa shape index (κ2) is 5.72. The number of ether oxygens (including phenoxy) is 1. The molecule has 1 rings (SSSR count). The van der Waals surface area contributed by atoms with Gasteiger partial charge in [0.15, 0.2) is 0 Å². The van der Waals surface area contributed by atoms with Crippen LogP contribution < -0.4 is 10.5 Å². The van der Waals surface area contributed by atoms with Crippen molar-refractivity contribution in [2.45, 2.75) is 39.7 Å². The van der Waals surface area contributed by atoms with Gasteiger partial charge in [0.05, 0.1) is 13.2 Å². The highest BCUT2D eigenvalue weighted by atomic mass is 16.5. The largest absolute Gasteiger partial charge is 0.496 e. The maximum Gasteiger partial charge on any atom is 0.122 e. The van der Waals surface area contributed by atoms with Gasteiger partial charge in [0.2, 0.25) is 0 Å². The van der Waals surface area contributed by atoms with Crippen molar-refractivity contribution in [1.29, 1.82) is 0 Å². The molecule has 0 heterocycles. The Kier molecular flexibility index (Phi) is 4.77. The number of aliphatic hydroxyl groups excluding tert-OH is 1. The molecule has 0 saturated heterocycles. The molecule has 0 amide bonds. The van der Waals surface area contributed by atoms with Crippen molar-refractivity contribution in [3.63, 3.8) is 0 Å². The van der Waals surface area contributed by atoms with Crippen LogP contribution in [0.5, 0.6) is 5.75 Å². The highest BCUT2D eigenvalue weighted by Gasteiger charge is 2.30. The summed E-state index contributed by atoms with van der Waals surface area (Å²) in [6.45, 7) is 8.48. The van der Waals surface area contributed by atoms with Crippen molar-refractivity contribution >= 4 is 0 Å². The topological polar surface area (TPSA) is 55.5 Å². The molecule has 3 nitrogen and oxygen atoms in total. The standard InChI is InChI=1S/C15H25NO2/c1-10-6-7-11(8-13(10)18-5)12(9-16)14(17)15(2,3)4/h6-8,12,14,17H,9,16H2,1-5H3. The number of hydrogen-bond donors (Lipinski definition) is 2. The van der Waals surface area contributed by atoms with Crippen molar-refractivity contribution in [1.82, 2.24) is 0 Å². The van der Waals surface area contributed by atoms with Crippen molar-refractivity contribution < 1.29 is 9.84 Å². The van der Waals surface area contributed by atoms with E-state index in [4.69, 9.17) is 10.5 Å². The van der Waals surface area contributed by atoms with Crippen molar-refractivity contribution in [3.05, 3.63) is 29.3 Å². The minimum atomic E-state index is -0.477. The lowest BCUT2D eigenvalue weighted by atomic mass is 9.78. The van der Waals surface area contributed by atoms with Crippen molar-refractivity contribution in [2.75, 3.05) is 13.7 Å². The number of hydrogen-bond acceptors (Lipinski definition) is 3. The normalized spacial score (nSPS) is 15.3. The molecule has 18 heavy (non-hydrogen) atoms. The summed E-state index contributed by atoms with van der Waals surface area (Å²) in [4.78, 5) is 0. The van der Waals surface area contributed by atoms with Crippen LogP contribution in [0.25, 0.3) is 0 Å². The van der Waals surface area contributed by atoms with Gasteiger partial charge in [0.25, 0.3) is 0 Å². The molecule has 0 aliphatic carbocycles. The third kappa shape index (κ3) is 3.24. The Balaban J connectivity index is 3.09. The summed E-state index contributed by atoms with van der Waals surface area (Å²) in [5, 5.41) is 10.4. The van der Waals surface area contributed by atoms with E-state index in [9.17, 15) is 5.11 Å². The lowest BCUT2D eigenvalue weighted by molar-refractivity contribution is 0.0407.